The number of rotatable bonds is 15. The number of methoxy groups -OCH3 is 1. The summed E-state index contributed by atoms with van der Waals surface area (Å²) in [5.41, 5.74) is 0. The van der Waals surface area contributed by atoms with Gasteiger partial charge in [0.15, 0.2) is 0 Å². The first-order valence-electron chi connectivity index (χ1n) is 8.19. The molecule has 0 aliphatic heterocycles. The van der Waals surface area contributed by atoms with Gasteiger partial charge >= 0.3 is 6.09 Å². The third-order valence-corrected chi connectivity index (χ3v) is 3.86. The summed E-state index contributed by atoms with van der Waals surface area (Å²) in [5.74, 6) is 1.35. The number of amides is 2. The van der Waals surface area contributed by atoms with Gasteiger partial charge in [-0.05, 0) is 12.8 Å². The molecule has 0 aliphatic rings. The molecule has 7 nitrogen and oxygen atoms in total. The molecule has 2 amide bonds. The van der Waals surface area contributed by atoms with Gasteiger partial charge < -0.3 is 24.8 Å². The van der Waals surface area contributed by atoms with Crippen molar-refractivity contribution in [1.82, 2.24) is 10.6 Å². The zero-order valence-corrected chi connectivity index (χ0v) is 16.1. The Labute approximate surface area is 154 Å². The van der Waals surface area contributed by atoms with E-state index in [1.807, 2.05) is 0 Å². The molecule has 0 aromatic carbocycles. The fourth-order valence-electron chi connectivity index (χ4n) is 1.69. The van der Waals surface area contributed by atoms with Crippen molar-refractivity contribution in [2.24, 2.45) is 0 Å². The number of hydrogen-bond acceptors (Lipinski definition) is 7. The summed E-state index contributed by atoms with van der Waals surface area (Å²) in [7, 11) is 1.35. The zero-order chi connectivity index (χ0) is 17.9. The van der Waals surface area contributed by atoms with Crippen LogP contribution < -0.4 is 10.6 Å². The first-order valence-corrected chi connectivity index (χ1v) is 9.81. The third kappa shape index (κ3) is 17.7. The van der Waals surface area contributed by atoms with E-state index in [0.717, 1.165) is 25.7 Å². The predicted octanol–water partition coefficient (Wildman–Crippen LogP) is 2.31. The maximum atomic E-state index is 11.6. The van der Waals surface area contributed by atoms with Gasteiger partial charge in [-0.2, -0.15) is 12.6 Å². The molecule has 2 N–H and O–H groups in total. The number of thiol groups is 1. The third-order valence-electron chi connectivity index (χ3n) is 2.90. The Hall–Kier alpha value is -0.640. The first kappa shape index (κ1) is 23.4. The van der Waals surface area contributed by atoms with Crippen LogP contribution in [0, 0.1) is 0 Å². The van der Waals surface area contributed by atoms with E-state index in [1.165, 1.54) is 18.9 Å². The van der Waals surface area contributed by atoms with Gasteiger partial charge in [0, 0.05) is 24.6 Å². The molecule has 0 radical (unpaired) electrons. The fourth-order valence-corrected chi connectivity index (χ4v) is 2.41. The summed E-state index contributed by atoms with van der Waals surface area (Å²) >= 11 is 5.27. The molecule has 9 heteroatoms. The van der Waals surface area contributed by atoms with Crippen molar-refractivity contribution in [2.45, 2.75) is 25.7 Å². The van der Waals surface area contributed by atoms with E-state index < -0.39 is 6.09 Å². The van der Waals surface area contributed by atoms with E-state index in [9.17, 15) is 9.59 Å². The van der Waals surface area contributed by atoms with E-state index in [-0.39, 0.29) is 5.24 Å². The summed E-state index contributed by atoms with van der Waals surface area (Å²) in [6, 6.07) is 0. The molecule has 0 rings (SSSR count). The van der Waals surface area contributed by atoms with Crippen molar-refractivity contribution in [3.8, 4) is 0 Å². The van der Waals surface area contributed by atoms with Gasteiger partial charge in [0.05, 0.1) is 33.5 Å². The first-order chi connectivity index (χ1) is 11.7. The molecule has 0 bridgehead atoms. The van der Waals surface area contributed by atoms with Crippen molar-refractivity contribution < 1.29 is 23.8 Å². The molecule has 0 aromatic rings. The quantitative estimate of drug-likeness (QED) is 0.298. The Morgan fingerprint density at radius 3 is 2.17 bits per heavy atom. The second kappa shape index (κ2) is 18.7. The minimum absolute atomic E-state index is 0.0164. The Kier molecular flexibility index (Phi) is 18.2. The maximum Gasteiger partial charge on any atom is 0.406 e. The molecule has 0 saturated carbocycles. The number of ether oxygens (including phenoxy) is 3. The second-order valence-electron chi connectivity index (χ2n) is 4.84. The van der Waals surface area contributed by atoms with Crippen LogP contribution in [0.5, 0.6) is 0 Å². The van der Waals surface area contributed by atoms with E-state index in [0.29, 0.717) is 51.0 Å². The lowest BCUT2D eigenvalue weighted by Gasteiger charge is -2.06. The molecule has 0 fully saturated rings. The van der Waals surface area contributed by atoms with E-state index in [1.54, 1.807) is 0 Å². The number of carbonyl (C=O) groups is 2. The van der Waals surface area contributed by atoms with Crippen LogP contribution >= 0.6 is 24.4 Å². The van der Waals surface area contributed by atoms with Crippen LogP contribution in [0.15, 0.2) is 0 Å². The predicted molar refractivity (Wildman–Crippen MR) is 100 cm³/mol. The Balaban J connectivity index is 3.20. The minimum Gasteiger partial charge on any atom is -0.453 e. The summed E-state index contributed by atoms with van der Waals surface area (Å²) < 4.78 is 15.0. The highest BCUT2D eigenvalue weighted by Crippen LogP contribution is 2.02. The van der Waals surface area contributed by atoms with Crippen molar-refractivity contribution >= 4 is 35.7 Å². The number of carbonyl (C=O) groups excluding carboxylic acids is 2. The van der Waals surface area contributed by atoms with Gasteiger partial charge in [-0.1, -0.05) is 24.6 Å². The standard InChI is InChI=1S/C15H30N2O5S2/c1-20-14(18)16-6-4-2-3-5-7-17-15(19)24-13-11-22-9-8-21-10-12-23/h23H,2-13H2,1H3,(H,16,18)(H,17,19). The SMILES string of the molecule is COC(=O)NCCCCCCNC(=O)SCCOCCOCCS. The molecular weight excluding hydrogens is 352 g/mol. The Morgan fingerprint density at radius 1 is 0.917 bits per heavy atom. The summed E-state index contributed by atoms with van der Waals surface area (Å²) in [6.07, 6.45) is 3.48. The van der Waals surface area contributed by atoms with Crippen LogP contribution in [0.1, 0.15) is 25.7 Å². The molecular formula is C15H30N2O5S2. The van der Waals surface area contributed by atoms with Crippen molar-refractivity contribution in [2.75, 3.05) is 58.1 Å². The largest absolute Gasteiger partial charge is 0.453 e. The lowest BCUT2D eigenvalue weighted by molar-refractivity contribution is 0.0606. The van der Waals surface area contributed by atoms with Crippen LogP contribution in [-0.4, -0.2) is 69.5 Å². The van der Waals surface area contributed by atoms with Crippen LogP contribution in [0.2, 0.25) is 0 Å². The lowest BCUT2D eigenvalue weighted by Crippen LogP contribution is -2.24. The molecule has 142 valence electrons. The summed E-state index contributed by atoms with van der Waals surface area (Å²) in [4.78, 5) is 22.4. The molecule has 0 aromatic heterocycles. The van der Waals surface area contributed by atoms with Crippen LogP contribution in [0.3, 0.4) is 0 Å². The molecule has 0 heterocycles. The van der Waals surface area contributed by atoms with Gasteiger partial charge in [-0.3, -0.25) is 4.79 Å². The van der Waals surface area contributed by atoms with E-state index >= 15 is 0 Å². The van der Waals surface area contributed by atoms with E-state index in [4.69, 9.17) is 9.47 Å². The highest BCUT2D eigenvalue weighted by Gasteiger charge is 2.01. The molecule has 0 aliphatic carbocycles. The van der Waals surface area contributed by atoms with Crippen molar-refractivity contribution in [3.63, 3.8) is 0 Å². The number of nitrogens with one attached hydrogen (secondary N) is 2. The zero-order valence-electron chi connectivity index (χ0n) is 14.4. The Morgan fingerprint density at radius 2 is 1.54 bits per heavy atom. The van der Waals surface area contributed by atoms with Gasteiger partial charge in [0.25, 0.3) is 5.24 Å². The molecule has 0 spiro atoms. The highest BCUT2D eigenvalue weighted by atomic mass is 32.2. The number of thioether (sulfide) groups is 1. The van der Waals surface area contributed by atoms with Gasteiger partial charge in [0.1, 0.15) is 0 Å². The van der Waals surface area contributed by atoms with Crippen LogP contribution in [0.25, 0.3) is 0 Å². The average molecular weight is 383 g/mol. The van der Waals surface area contributed by atoms with Gasteiger partial charge in [0.2, 0.25) is 0 Å². The minimum atomic E-state index is -0.395. The van der Waals surface area contributed by atoms with Gasteiger partial charge in [-0.25, -0.2) is 4.79 Å². The smallest absolute Gasteiger partial charge is 0.406 e. The van der Waals surface area contributed by atoms with Crippen molar-refractivity contribution in [1.29, 1.82) is 0 Å². The van der Waals surface area contributed by atoms with Crippen molar-refractivity contribution in [3.05, 3.63) is 0 Å². The summed E-state index contributed by atoms with van der Waals surface area (Å²) in [6.45, 7) is 3.57. The second-order valence-corrected chi connectivity index (χ2v) is 6.36. The topological polar surface area (TPSA) is 85.9 Å². The molecule has 0 saturated heterocycles. The monoisotopic (exact) mass is 382 g/mol. The molecule has 24 heavy (non-hydrogen) atoms. The number of alkyl carbamates (subject to hydrolysis) is 1. The normalized spacial score (nSPS) is 10.4. The summed E-state index contributed by atoms with van der Waals surface area (Å²) in [5, 5.41) is 5.48. The van der Waals surface area contributed by atoms with Crippen LogP contribution in [-0.2, 0) is 14.2 Å². The average Bonchev–Trinajstić information content (AvgIpc) is 2.59. The van der Waals surface area contributed by atoms with Gasteiger partial charge in [-0.15, -0.1) is 0 Å². The molecule has 0 atom stereocenters. The van der Waals surface area contributed by atoms with Crippen LogP contribution in [0.4, 0.5) is 9.59 Å². The number of unbranched alkanes of at least 4 members (excludes halogenated alkanes) is 3. The number of hydrogen-bond donors (Lipinski definition) is 3. The molecule has 0 unspecified atom stereocenters. The van der Waals surface area contributed by atoms with E-state index in [2.05, 4.69) is 28.0 Å². The lowest BCUT2D eigenvalue weighted by atomic mass is 10.2. The highest BCUT2D eigenvalue weighted by molar-refractivity contribution is 8.13. The fraction of sp³-hybridized carbons (Fsp3) is 0.867. The maximum absolute atomic E-state index is 11.6. The Bertz CT molecular complexity index is 322.